The van der Waals surface area contributed by atoms with Crippen molar-refractivity contribution in [1.29, 1.82) is 0 Å². The zero-order chi connectivity index (χ0) is 18.4. The molecule has 1 aromatic carbocycles. The first-order valence-electron chi connectivity index (χ1n) is 10.0. The van der Waals surface area contributed by atoms with E-state index >= 15 is 0 Å². The van der Waals surface area contributed by atoms with Gasteiger partial charge in [-0.05, 0) is 24.3 Å². The van der Waals surface area contributed by atoms with E-state index in [0.717, 1.165) is 44.6 Å². The number of carbonyl (C=O) groups is 2. The highest BCUT2D eigenvalue weighted by molar-refractivity contribution is 5.82. The summed E-state index contributed by atoms with van der Waals surface area (Å²) >= 11 is 0. The number of benzene rings is 1. The normalized spacial score (nSPS) is 20.1. The largest absolute Gasteiger partial charge is 0.351 e. The molecule has 1 aliphatic heterocycles. The minimum atomic E-state index is -0.0555. The topological polar surface area (TPSA) is 52.7 Å². The first-order valence-corrected chi connectivity index (χ1v) is 10.0. The molecule has 1 unspecified atom stereocenters. The highest BCUT2D eigenvalue weighted by atomic mass is 16.2. The number of rotatable bonds is 6. The Morgan fingerprint density at radius 1 is 1.08 bits per heavy atom. The van der Waals surface area contributed by atoms with E-state index in [2.05, 4.69) is 10.2 Å². The lowest BCUT2D eigenvalue weighted by Crippen LogP contribution is -2.57. The number of nitrogens with zero attached hydrogens (tertiary/aromatic N) is 2. The van der Waals surface area contributed by atoms with E-state index in [-0.39, 0.29) is 17.9 Å². The minimum Gasteiger partial charge on any atom is -0.351 e. The molecule has 1 saturated carbocycles. The molecule has 1 atom stereocenters. The van der Waals surface area contributed by atoms with Gasteiger partial charge in [-0.25, -0.2) is 0 Å². The van der Waals surface area contributed by atoms with Crippen LogP contribution in [0.5, 0.6) is 0 Å². The van der Waals surface area contributed by atoms with Crippen LogP contribution >= 0.6 is 0 Å². The van der Waals surface area contributed by atoms with E-state index in [0.29, 0.717) is 18.9 Å². The predicted octanol–water partition coefficient (Wildman–Crippen LogP) is 2.42. The van der Waals surface area contributed by atoms with Crippen LogP contribution in [0.4, 0.5) is 0 Å². The fourth-order valence-corrected chi connectivity index (χ4v) is 4.31. The Morgan fingerprint density at radius 2 is 1.73 bits per heavy atom. The van der Waals surface area contributed by atoms with Crippen LogP contribution in [0.15, 0.2) is 30.3 Å². The van der Waals surface area contributed by atoms with Crippen molar-refractivity contribution in [2.45, 2.75) is 51.6 Å². The molecule has 0 radical (unpaired) electrons. The Kier molecular flexibility index (Phi) is 6.67. The van der Waals surface area contributed by atoms with Crippen LogP contribution < -0.4 is 5.32 Å². The number of amides is 2. The van der Waals surface area contributed by atoms with Crippen LogP contribution in [-0.2, 0) is 16.1 Å². The highest BCUT2D eigenvalue weighted by Crippen LogP contribution is 2.31. The fraction of sp³-hybridized carbons (Fsp3) is 0.619. The van der Waals surface area contributed by atoms with Crippen LogP contribution in [-0.4, -0.2) is 53.8 Å². The van der Waals surface area contributed by atoms with Gasteiger partial charge in [0.05, 0.1) is 6.04 Å². The van der Waals surface area contributed by atoms with Gasteiger partial charge in [-0.1, -0.05) is 50.1 Å². The Bertz CT molecular complexity index is 591. The molecule has 0 aromatic heterocycles. The van der Waals surface area contributed by atoms with Gasteiger partial charge in [-0.3, -0.25) is 14.5 Å². The molecule has 2 fully saturated rings. The Labute approximate surface area is 156 Å². The summed E-state index contributed by atoms with van der Waals surface area (Å²) in [6, 6.07) is 10.0. The van der Waals surface area contributed by atoms with Crippen molar-refractivity contribution in [2.75, 3.05) is 26.2 Å². The van der Waals surface area contributed by atoms with Crippen LogP contribution in [0.1, 0.15) is 44.6 Å². The van der Waals surface area contributed by atoms with Crippen molar-refractivity contribution in [3.63, 3.8) is 0 Å². The maximum Gasteiger partial charge on any atom is 0.237 e. The van der Waals surface area contributed by atoms with Gasteiger partial charge < -0.3 is 10.2 Å². The molecule has 5 nitrogen and oxygen atoms in total. The van der Waals surface area contributed by atoms with Crippen LogP contribution in [0.3, 0.4) is 0 Å². The van der Waals surface area contributed by atoms with Gasteiger partial charge in [0.15, 0.2) is 0 Å². The monoisotopic (exact) mass is 357 g/mol. The summed E-state index contributed by atoms with van der Waals surface area (Å²) in [7, 11) is 0. The number of carbonyl (C=O) groups excluding carboxylic acids is 2. The van der Waals surface area contributed by atoms with Gasteiger partial charge >= 0.3 is 0 Å². The van der Waals surface area contributed by atoms with E-state index < -0.39 is 0 Å². The zero-order valence-corrected chi connectivity index (χ0v) is 15.8. The summed E-state index contributed by atoms with van der Waals surface area (Å²) in [6.45, 7) is 5.56. The maximum atomic E-state index is 13.0. The average molecular weight is 357 g/mol. The molecule has 142 valence electrons. The van der Waals surface area contributed by atoms with Gasteiger partial charge in [0.25, 0.3) is 0 Å². The van der Waals surface area contributed by atoms with Gasteiger partial charge in [-0.2, -0.15) is 0 Å². The lowest BCUT2D eigenvalue weighted by molar-refractivity contribution is -0.135. The number of piperazine rings is 1. The van der Waals surface area contributed by atoms with E-state index in [1.54, 1.807) is 0 Å². The third-order valence-electron chi connectivity index (χ3n) is 5.79. The number of hydrogen-bond acceptors (Lipinski definition) is 3. The van der Waals surface area contributed by atoms with E-state index in [4.69, 9.17) is 0 Å². The van der Waals surface area contributed by atoms with Crippen LogP contribution in [0.25, 0.3) is 0 Å². The second kappa shape index (κ2) is 9.17. The molecule has 1 N–H and O–H groups in total. The lowest BCUT2D eigenvalue weighted by Gasteiger charge is -2.40. The SMILES string of the molecule is CCC(=O)N1CCN(C(C(=O)NCc2ccccc2)C2CCCC2)CC1. The quantitative estimate of drug-likeness (QED) is 0.851. The zero-order valence-electron chi connectivity index (χ0n) is 15.8. The van der Waals surface area contributed by atoms with Crippen molar-refractivity contribution in [3.05, 3.63) is 35.9 Å². The second-order valence-corrected chi connectivity index (χ2v) is 7.46. The van der Waals surface area contributed by atoms with Crippen molar-refractivity contribution in [3.8, 4) is 0 Å². The predicted molar refractivity (Wildman–Crippen MR) is 102 cm³/mol. The Hall–Kier alpha value is -1.88. The van der Waals surface area contributed by atoms with Crippen molar-refractivity contribution < 1.29 is 9.59 Å². The molecule has 3 rings (SSSR count). The van der Waals surface area contributed by atoms with E-state index in [1.165, 1.54) is 12.8 Å². The molecule has 1 saturated heterocycles. The third-order valence-corrected chi connectivity index (χ3v) is 5.79. The van der Waals surface area contributed by atoms with E-state index in [9.17, 15) is 9.59 Å². The van der Waals surface area contributed by atoms with Gasteiger partial charge in [0.2, 0.25) is 11.8 Å². The molecule has 2 aliphatic rings. The molecule has 1 aliphatic carbocycles. The molecule has 0 bridgehead atoms. The standard InChI is InChI=1S/C21H31N3O2/c1-2-19(25)23-12-14-24(15-13-23)20(18-10-6-7-11-18)21(26)22-16-17-8-4-3-5-9-17/h3-5,8-9,18,20H,2,6-7,10-16H2,1H3,(H,22,26). The number of nitrogens with one attached hydrogen (secondary N) is 1. The van der Waals surface area contributed by atoms with Crippen molar-refractivity contribution in [1.82, 2.24) is 15.1 Å². The van der Waals surface area contributed by atoms with E-state index in [1.807, 2.05) is 42.2 Å². The maximum absolute atomic E-state index is 13.0. The summed E-state index contributed by atoms with van der Waals surface area (Å²) in [6.07, 6.45) is 5.28. The molecular weight excluding hydrogens is 326 g/mol. The highest BCUT2D eigenvalue weighted by Gasteiger charge is 2.37. The second-order valence-electron chi connectivity index (χ2n) is 7.46. The summed E-state index contributed by atoms with van der Waals surface area (Å²) in [4.78, 5) is 29.2. The summed E-state index contributed by atoms with van der Waals surface area (Å²) in [5.74, 6) is 0.811. The molecule has 26 heavy (non-hydrogen) atoms. The first kappa shape index (κ1) is 18.9. The van der Waals surface area contributed by atoms with Crippen molar-refractivity contribution in [2.24, 2.45) is 5.92 Å². The smallest absolute Gasteiger partial charge is 0.237 e. The summed E-state index contributed by atoms with van der Waals surface area (Å²) < 4.78 is 0. The molecule has 1 heterocycles. The molecule has 5 heteroatoms. The Morgan fingerprint density at radius 3 is 2.35 bits per heavy atom. The van der Waals surface area contributed by atoms with Gasteiger partial charge in [-0.15, -0.1) is 0 Å². The first-order chi connectivity index (χ1) is 12.7. The molecule has 2 amide bonds. The average Bonchev–Trinajstić information content (AvgIpc) is 3.21. The summed E-state index contributed by atoms with van der Waals surface area (Å²) in [5.41, 5.74) is 1.13. The third kappa shape index (κ3) is 4.64. The molecule has 1 aromatic rings. The number of hydrogen-bond donors (Lipinski definition) is 1. The van der Waals surface area contributed by atoms with Gasteiger partial charge in [0, 0.05) is 39.1 Å². The molecule has 0 spiro atoms. The van der Waals surface area contributed by atoms with Crippen LogP contribution in [0.2, 0.25) is 0 Å². The van der Waals surface area contributed by atoms with Crippen LogP contribution in [0, 0.1) is 5.92 Å². The summed E-state index contributed by atoms with van der Waals surface area (Å²) in [5, 5.41) is 3.16. The molecular formula is C21H31N3O2. The van der Waals surface area contributed by atoms with Gasteiger partial charge in [0.1, 0.15) is 0 Å². The Balaban J connectivity index is 1.62. The minimum absolute atomic E-state index is 0.0555. The lowest BCUT2D eigenvalue weighted by atomic mass is 9.95. The van der Waals surface area contributed by atoms with Crippen molar-refractivity contribution >= 4 is 11.8 Å². The fourth-order valence-electron chi connectivity index (χ4n) is 4.31.